The number of ether oxygens (including phenoxy) is 1. The third-order valence-corrected chi connectivity index (χ3v) is 3.81. The van der Waals surface area contributed by atoms with Gasteiger partial charge in [0.15, 0.2) is 5.78 Å². The Morgan fingerprint density at radius 2 is 1.83 bits per heavy atom. The molecule has 1 aliphatic rings. The summed E-state index contributed by atoms with van der Waals surface area (Å²) in [6.45, 7) is 4.27. The number of Topliss-reactive ketones (excluding diaryl/α,β-unsaturated/α-hetero) is 1. The molecule has 0 spiro atoms. The summed E-state index contributed by atoms with van der Waals surface area (Å²) >= 11 is 0. The third kappa shape index (κ3) is 1.38. The summed E-state index contributed by atoms with van der Waals surface area (Å²) in [7, 11) is 1.65. The van der Waals surface area contributed by atoms with Crippen LogP contribution in [0.4, 0.5) is 0 Å². The van der Waals surface area contributed by atoms with Crippen molar-refractivity contribution in [3.63, 3.8) is 0 Å². The lowest BCUT2D eigenvalue weighted by molar-refractivity contribution is 0.0979. The molecule has 0 saturated heterocycles. The van der Waals surface area contributed by atoms with Crippen molar-refractivity contribution in [3.8, 4) is 5.75 Å². The van der Waals surface area contributed by atoms with E-state index in [1.165, 1.54) is 5.56 Å². The number of hydrogen-bond acceptors (Lipinski definition) is 2. The van der Waals surface area contributed by atoms with Gasteiger partial charge in [0.1, 0.15) is 5.75 Å². The van der Waals surface area contributed by atoms with Crippen molar-refractivity contribution in [1.82, 2.24) is 0 Å². The minimum atomic E-state index is -0.0850. The molecule has 2 heteroatoms. The lowest BCUT2D eigenvalue weighted by Crippen LogP contribution is -2.13. The van der Waals surface area contributed by atoms with Gasteiger partial charge < -0.3 is 4.74 Å². The molecule has 0 aromatic heterocycles. The van der Waals surface area contributed by atoms with Crippen molar-refractivity contribution in [2.24, 2.45) is 0 Å². The minimum absolute atomic E-state index is 0.0850. The molecule has 18 heavy (non-hydrogen) atoms. The van der Waals surface area contributed by atoms with Gasteiger partial charge in [0.25, 0.3) is 0 Å². The summed E-state index contributed by atoms with van der Waals surface area (Å²) in [6.07, 6.45) is 0.583. The smallest absolute Gasteiger partial charge is 0.164 e. The van der Waals surface area contributed by atoms with E-state index < -0.39 is 0 Å². The average molecular weight is 240 g/mol. The number of hydrogen-bond donors (Lipinski definition) is 0. The fourth-order valence-electron chi connectivity index (χ4n) is 3.05. The van der Waals surface area contributed by atoms with E-state index in [0.29, 0.717) is 6.42 Å². The summed E-state index contributed by atoms with van der Waals surface area (Å²) in [5.41, 5.74) is 1.91. The van der Waals surface area contributed by atoms with Crippen LogP contribution < -0.4 is 4.74 Å². The molecular formula is C16H16O2. The zero-order valence-corrected chi connectivity index (χ0v) is 10.9. The molecule has 0 amide bonds. The van der Waals surface area contributed by atoms with Crippen molar-refractivity contribution in [2.45, 2.75) is 25.7 Å². The molecule has 0 heterocycles. The van der Waals surface area contributed by atoms with Crippen LogP contribution in [0, 0.1) is 0 Å². The zero-order valence-electron chi connectivity index (χ0n) is 10.9. The van der Waals surface area contributed by atoms with Gasteiger partial charge in [-0.2, -0.15) is 0 Å². The lowest BCUT2D eigenvalue weighted by Gasteiger charge is -2.20. The Hall–Kier alpha value is -1.83. The first-order chi connectivity index (χ1) is 8.54. The van der Waals surface area contributed by atoms with Crippen molar-refractivity contribution in [1.29, 1.82) is 0 Å². The first kappa shape index (κ1) is 11.3. The van der Waals surface area contributed by atoms with Crippen LogP contribution in [0.2, 0.25) is 0 Å². The van der Waals surface area contributed by atoms with E-state index in [1.54, 1.807) is 7.11 Å². The molecule has 2 aromatic carbocycles. The molecule has 0 atom stereocenters. The average Bonchev–Trinajstić information content (AvgIpc) is 2.58. The highest BCUT2D eigenvalue weighted by Gasteiger charge is 2.37. The van der Waals surface area contributed by atoms with Gasteiger partial charge in [0.05, 0.1) is 7.11 Å². The predicted molar refractivity (Wildman–Crippen MR) is 72.5 cm³/mol. The van der Waals surface area contributed by atoms with E-state index in [-0.39, 0.29) is 11.2 Å². The maximum Gasteiger partial charge on any atom is 0.164 e. The van der Waals surface area contributed by atoms with Crippen LogP contribution in [-0.2, 0) is 5.41 Å². The van der Waals surface area contributed by atoms with E-state index in [1.807, 2.05) is 24.3 Å². The summed E-state index contributed by atoms with van der Waals surface area (Å²) in [6, 6.07) is 10.0. The molecule has 2 aromatic rings. The second-order valence-electron chi connectivity index (χ2n) is 5.53. The molecule has 0 saturated carbocycles. The molecule has 0 unspecified atom stereocenters. The Balaban J connectivity index is 2.48. The summed E-state index contributed by atoms with van der Waals surface area (Å²) in [4.78, 5) is 12.1. The normalized spacial score (nSPS) is 16.9. The number of carbonyl (C=O) groups excluding carboxylic acids is 1. The Bertz CT molecular complexity index is 653. The highest BCUT2D eigenvalue weighted by Crippen LogP contribution is 2.45. The van der Waals surface area contributed by atoms with Crippen molar-refractivity contribution < 1.29 is 9.53 Å². The van der Waals surface area contributed by atoms with E-state index in [4.69, 9.17) is 4.74 Å². The van der Waals surface area contributed by atoms with Crippen molar-refractivity contribution >= 4 is 16.6 Å². The molecule has 0 aliphatic heterocycles. The number of carbonyl (C=O) groups is 1. The highest BCUT2D eigenvalue weighted by molar-refractivity contribution is 6.09. The highest BCUT2D eigenvalue weighted by atomic mass is 16.5. The van der Waals surface area contributed by atoms with Crippen LogP contribution in [0.15, 0.2) is 30.3 Å². The van der Waals surface area contributed by atoms with Crippen LogP contribution in [0.25, 0.3) is 10.8 Å². The largest absolute Gasteiger partial charge is 0.496 e. The van der Waals surface area contributed by atoms with Gasteiger partial charge in [-0.3, -0.25) is 4.79 Å². The molecule has 0 N–H and O–H groups in total. The van der Waals surface area contributed by atoms with Crippen LogP contribution in [0.3, 0.4) is 0 Å². The van der Waals surface area contributed by atoms with Gasteiger partial charge in [0.2, 0.25) is 0 Å². The SMILES string of the molecule is COc1cc2c(c3ccccc13)C(C)(C)CC2=O. The second kappa shape index (κ2) is 3.58. The molecular weight excluding hydrogens is 224 g/mol. The van der Waals surface area contributed by atoms with Crippen LogP contribution in [0.5, 0.6) is 5.75 Å². The van der Waals surface area contributed by atoms with Gasteiger partial charge in [-0.1, -0.05) is 38.1 Å². The Labute approximate surface area is 107 Å². The lowest BCUT2D eigenvalue weighted by atomic mass is 9.83. The van der Waals surface area contributed by atoms with Crippen molar-refractivity contribution in [2.75, 3.05) is 7.11 Å². The summed E-state index contributed by atoms with van der Waals surface area (Å²) in [5, 5.41) is 2.23. The van der Waals surface area contributed by atoms with E-state index in [9.17, 15) is 4.79 Å². The van der Waals surface area contributed by atoms with Crippen molar-refractivity contribution in [3.05, 3.63) is 41.5 Å². The quantitative estimate of drug-likeness (QED) is 0.759. The van der Waals surface area contributed by atoms with Gasteiger partial charge in [0, 0.05) is 17.4 Å². The topological polar surface area (TPSA) is 26.3 Å². The van der Waals surface area contributed by atoms with Gasteiger partial charge in [-0.25, -0.2) is 0 Å². The van der Waals surface area contributed by atoms with Crippen LogP contribution >= 0.6 is 0 Å². The number of rotatable bonds is 1. The number of ketones is 1. The van der Waals surface area contributed by atoms with E-state index in [0.717, 1.165) is 22.1 Å². The van der Waals surface area contributed by atoms with Crippen LogP contribution in [0.1, 0.15) is 36.2 Å². The molecule has 0 radical (unpaired) electrons. The van der Waals surface area contributed by atoms with E-state index >= 15 is 0 Å². The predicted octanol–water partition coefficient (Wildman–Crippen LogP) is 3.71. The Morgan fingerprint density at radius 3 is 2.50 bits per heavy atom. The first-order valence-corrected chi connectivity index (χ1v) is 6.18. The molecule has 0 bridgehead atoms. The van der Waals surface area contributed by atoms with Gasteiger partial charge in [-0.05, 0) is 22.4 Å². The molecule has 3 rings (SSSR count). The zero-order chi connectivity index (χ0) is 12.9. The maximum atomic E-state index is 12.1. The monoisotopic (exact) mass is 240 g/mol. The Kier molecular flexibility index (Phi) is 2.24. The first-order valence-electron chi connectivity index (χ1n) is 6.18. The fraction of sp³-hybridized carbons (Fsp3) is 0.312. The molecule has 2 nitrogen and oxygen atoms in total. The number of fused-ring (bicyclic) bond motifs is 3. The van der Waals surface area contributed by atoms with Gasteiger partial charge in [-0.15, -0.1) is 0 Å². The molecule has 1 aliphatic carbocycles. The standard InChI is InChI=1S/C16H16O2/c1-16(2)9-13(17)12-8-14(18-3)10-6-4-5-7-11(10)15(12)16/h4-8H,9H2,1-3H3. The Morgan fingerprint density at radius 1 is 1.17 bits per heavy atom. The van der Waals surface area contributed by atoms with E-state index in [2.05, 4.69) is 19.9 Å². The van der Waals surface area contributed by atoms with Crippen LogP contribution in [-0.4, -0.2) is 12.9 Å². The number of methoxy groups -OCH3 is 1. The molecule has 92 valence electrons. The fourth-order valence-corrected chi connectivity index (χ4v) is 3.05. The summed E-state index contributed by atoms with van der Waals surface area (Å²) < 4.78 is 5.42. The summed E-state index contributed by atoms with van der Waals surface area (Å²) in [5.74, 6) is 1.01. The third-order valence-electron chi connectivity index (χ3n) is 3.81. The number of benzene rings is 2. The minimum Gasteiger partial charge on any atom is -0.496 e. The second-order valence-corrected chi connectivity index (χ2v) is 5.53. The van der Waals surface area contributed by atoms with Gasteiger partial charge >= 0.3 is 0 Å². The maximum absolute atomic E-state index is 12.1. The molecule has 0 fully saturated rings.